The van der Waals surface area contributed by atoms with Gasteiger partial charge in [-0.1, -0.05) is 6.07 Å². The Kier molecular flexibility index (Phi) is 5.33. The van der Waals surface area contributed by atoms with Gasteiger partial charge in [-0.3, -0.25) is 4.79 Å². The molecule has 0 spiro atoms. The molecule has 8 heteroatoms. The van der Waals surface area contributed by atoms with Crippen molar-refractivity contribution in [2.45, 2.75) is 25.7 Å². The average Bonchev–Trinajstić information content (AvgIpc) is 3.09. The summed E-state index contributed by atoms with van der Waals surface area (Å²) >= 11 is 0. The van der Waals surface area contributed by atoms with Gasteiger partial charge in [-0.2, -0.15) is 5.10 Å². The molecule has 29 heavy (non-hydrogen) atoms. The molecule has 1 aliphatic heterocycles. The number of rotatable bonds is 5. The van der Waals surface area contributed by atoms with Crippen LogP contribution in [0.4, 0.5) is 0 Å². The van der Waals surface area contributed by atoms with Crippen LogP contribution in [0.5, 0.6) is 11.5 Å². The zero-order valence-electron chi connectivity index (χ0n) is 17.0. The Bertz CT molecular complexity index is 1030. The molecule has 1 saturated heterocycles. The molecule has 1 aromatic carbocycles. The molecule has 0 saturated carbocycles. The summed E-state index contributed by atoms with van der Waals surface area (Å²) in [5.41, 5.74) is 3.56. The Labute approximate surface area is 169 Å². The minimum absolute atomic E-state index is 0.0189. The molecule has 3 heterocycles. The number of hydrogen-bond donors (Lipinski definition) is 0. The van der Waals surface area contributed by atoms with Gasteiger partial charge in [0.2, 0.25) is 0 Å². The molecule has 3 aromatic rings. The van der Waals surface area contributed by atoms with Gasteiger partial charge in [-0.05, 0) is 37.5 Å². The Balaban J connectivity index is 1.45. The number of amides is 1. The first-order valence-corrected chi connectivity index (χ1v) is 9.75. The second kappa shape index (κ2) is 8.06. The third-order valence-electron chi connectivity index (χ3n) is 5.32. The van der Waals surface area contributed by atoms with Crippen LogP contribution in [0.3, 0.4) is 0 Å². The fraction of sp³-hybridized carbons (Fsp3) is 0.429. The molecule has 2 aromatic heterocycles. The van der Waals surface area contributed by atoms with Crippen molar-refractivity contribution in [2.24, 2.45) is 7.05 Å². The van der Waals surface area contributed by atoms with Gasteiger partial charge >= 0.3 is 0 Å². The molecule has 1 aliphatic rings. The van der Waals surface area contributed by atoms with Crippen LogP contribution in [0.2, 0.25) is 0 Å². The summed E-state index contributed by atoms with van der Waals surface area (Å²) in [5.74, 6) is 1.31. The minimum Gasteiger partial charge on any atom is -0.493 e. The van der Waals surface area contributed by atoms with E-state index >= 15 is 0 Å². The number of aromatic nitrogens is 4. The lowest BCUT2D eigenvalue weighted by Crippen LogP contribution is -2.41. The van der Waals surface area contributed by atoms with E-state index in [1.54, 1.807) is 24.2 Å². The smallest absolute Gasteiger partial charge is 0.260 e. The van der Waals surface area contributed by atoms with Crippen molar-refractivity contribution < 1.29 is 14.3 Å². The number of hydrogen-bond acceptors (Lipinski definition) is 6. The van der Waals surface area contributed by atoms with Crippen molar-refractivity contribution in [2.75, 3.05) is 26.8 Å². The number of carbonyl (C=O) groups excluding carboxylic acids is 1. The maximum atomic E-state index is 12.8. The third-order valence-corrected chi connectivity index (χ3v) is 5.32. The maximum Gasteiger partial charge on any atom is 0.260 e. The quantitative estimate of drug-likeness (QED) is 0.660. The van der Waals surface area contributed by atoms with E-state index in [1.165, 1.54) is 0 Å². The van der Waals surface area contributed by atoms with E-state index in [0.29, 0.717) is 18.0 Å². The van der Waals surface area contributed by atoms with Gasteiger partial charge in [-0.15, -0.1) is 0 Å². The van der Waals surface area contributed by atoms with E-state index in [0.717, 1.165) is 41.8 Å². The zero-order valence-corrected chi connectivity index (χ0v) is 17.0. The van der Waals surface area contributed by atoms with Crippen LogP contribution >= 0.6 is 0 Å². The van der Waals surface area contributed by atoms with Crippen LogP contribution in [-0.4, -0.2) is 57.4 Å². The molecule has 4 rings (SSSR count). The van der Waals surface area contributed by atoms with Gasteiger partial charge in [0.15, 0.2) is 23.8 Å². The fourth-order valence-electron chi connectivity index (χ4n) is 3.83. The lowest BCUT2D eigenvalue weighted by Gasteiger charge is -2.32. The number of ether oxygens (including phenoxy) is 2. The molecule has 1 unspecified atom stereocenters. The summed E-state index contributed by atoms with van der Waals surface area (Å²) in [4.78, 5) is 23.5. The molecule has 1 amide bonds. The molecule has 0 bridgehead atoms. The molecular formula is C21H25N5O3. The molecule has 1 fully saturated rings. The van der Waals surface area contributed by atoms with Gasteiger partial charge < -0.3 is 14.4 Å². The molecule has 0 radical (unpaired) electrons. The lowest BCUT2D eigenvalue weighted by atomic mass is 9.94. The zero-order chi connectivity index (χ0) is 20.4. The summed E-state index contributed by atoms with van der Waals surface area (Å²) in [6, 6.07) is 5.66. The number of benzene rings is 1. The predicted octanol–water partition coefficient (Wildman–Crippen LogP) is 2.47. The minimum atomic E-state index is -0.0383. The van der Waals surface area contributed by atoms with E-state index in [4.69, 9.17) is 9.47 Å². The van der Waals surface area contributed by atoms with Crippen LogP contribution in [0.15, 0.2) is 30.6 Å². The summed E-state index contributed by atoms with van der Waals surface area (Å²) in [5, 5.41) is 4.64. The average molecular weight is 395 g/mol. The first-order valence-electron chi connectivity index (χ1n) is 9.75. The third kappa shape index (κ3) is 3.87. The Hall–Kier alpha value is -3.16. The topological polar surface area (TPSA) is 82.4 Å². The first-order chi connectivity index (χ1) is 14.1. The first kappa shape index (κ1) is 19.2. The van der Waals surface area contributed by atoms with Gasteiger partial charge in [-0.25, -0.2) is 14.6 Å². The summed E-state index contributed by atoms with van der Waals surface area (Å²) in [6.07, 6.45) is 5.24. The highest BCUT2D eigenvalue weighted by Gasteiger charge is 2.29. The highest BCUT2D eigenvalue weighted by atomic mass is 16.5. The number of methoxy groups -OCH3 is 1. The SMILES string of the molecule is COc1cc(C)ccc1OCC(=O)N1CCCC(c2nn(C)c3nccnc23)C1. The standard InChI is InChI=1S/C21H25N5O3/c1-14-6-7-16(17(11-14)28-3)29-13-18(27)26-10-4-5-15(12-26)19-20-21(25(2)24-19)23-9-8-22-20/h6-9,11,15H,4-5,10,12-13H2,1-3H3. The van der Waals surface area contributed by atoms with E-state index in [2.05, 4.69) is 15.1 Å². The molecule has 1 atom stereocenters. The fourth-order valence-corrected chi connectivity index (χ4v) is 3.83. The predicted molar refractivity (Wildman–Crippen MR) is 108 cm³/mol. The Morgan fingerprint density at radius 2 is 2.07 bits per heavy atom. The van der Waals surface area contributed by atoms with Crippen LogP contribution in [0.1, 0.15) is 30.0 Å². The van der Waals surface area contributed by atoms with E-state index in [9.17, 15) is 4.79 Å². The number of aryl methyl sites for hydroxylation is 2. The van der Waals surface area contributed by atoms with Crippen LogP contribution in [0.25, 0.3) is 11.2 Å². The van der Waals surface area contributed by atoms with Crippen molar-refractivity contribution in [1.29, 1.82) is 0 Å². The molecule has 0 aliphatic carbocycles. The maximum absolute atomic E-state index is 12.8. The van der Waals surface area contributed by atoms with E-state index in [-0.39, 0.29) is 18.4 Å². The van der Waals surface area contributed by atoms with Crippen molar-refractivity contribution in [3.05, 3.63) is 41.9 Å². The number of likely N-dealkylation sites (tertiary alicyclic amines) is 1. The van der Waals surface area contributed by atoms with Crippen molar-refractivity contribution in [3.63, 3.8) is 0 Å². The lowest BCUT2D eigenvalue weighted by molar-refractivity contribution is -0.134. The van der Waals surface area contributed by atoms with Crippen molar-refractivity contribution in [3.8, 4) is 11.5 Å². The van der Waals surface area contributed by atoms with Crippen LogP contribution < -0.4 is 9.47 Å². The molecule has 0 N–H and O–H groups in total. The Morgan fingerprint density at radius 3 is 2.90 bits per heavy atom. The van der Waals surface area contributed by atoms with E-state index in [1.807, 2.05) is 37.1 Å². The van der Waals surface area contributed by atoms with Gasteiger partial charge in [0.1, 0.15) is 5.52 Å². The molecular weight excluding hydrogens is 370 g/mol. The number of piperidine rings is 1. The monoisotopic (exact) mass is 395 g/mol. The summed E-state index contributed by atoms with van der Waals surface area (Å²) in [7, 11) is 3.47. The Morgan fingerprint density at radius 1 is 1.24 bits per heavy atom. The summed E-state index contributed by atoms with van der Waals surface area (Å²) in [6.45, 7) is 3.29. The van der Waals surface area contributed by atoms with Crippen molar-refractivity contribution in [1.82, 2.24) is 24.6 Å². The second-order valence-electron chi connectivity index (χ2n) is 7.36. The number of nitrogens with zero attached hydrogens (tertiary/aromatic N) is 5. The molecule has 8 nitrogen and oxygen atoms in total. The van der Waals surface area contributed by atoms with Gasteiger partial charge in [0.05, 0.1) is 12.8 Å². The highest BCUT2D eigenvalue weighted by molar-refractivity contribution is 5.78. The van der Waals surface area contributed by atoms with Crippen molar-refractivity contribution >= 4 is 17.1 Å². The number of carbonyl (C=O) groups is 1. The second-order valence-corrected chi connectivity index (χ2v) is 7.36. The van der Waals surface area contributed by atoms with Crippen LogP contribution in [-0.2, 0) is 11.8 Å². The normalized spacial score (nSPS) is 16.8. The highest BCUT2D eigenvalue weighted by Crippen LogP contribution is 2.30. The van der Waals surface area contributed by atoms with E-state index < -0.39 is 0 Å². The number of fused-ring (bicyclic) bond motifs is 1. The van der Waals surface area contributed by atoms with Gasteiger partial charge in [0, 0.05) is 38.4 Å². The summed E-state index contributed by atoms with van der Waals surface area (Å²) < 4.78 is 12.9. The molecule has 152 valence electrons. The largest absolute Gasteiger partial charge is 0.493 e. The van der Waals surface area contributed by atoms with Crippen LogP contribution in [0, 0.1) is 6.92 Å². The van der Waals surface area contributed by atoms with Gasteiger partial charge in [0.25, 0.3) is 5.91 Å².